The highest BCUT2D eigenvalue weighted by molar-refractivity contribution is 5.86. The summed E-state index contributed by atoms with van der Waals surface area (Å²) in [5.41, 5.74) is 10.8. The van der Waals surface area contributed by atoms with Gasteiger partial charge >= 0.3 is 0 Å². The number of hydrogen-bond donors (Lipinski definition) is 2. The van der Waals surface area contributed by atoms with Crippen molar-refractivity contribution in [1.82, 2.24) is 0 Å². The first-order valence-electron chi connectivity index (χ1n) is 4.22. The molecule has 0 bridgehead atoms. The van der Waals surface area contributed by atoms with Gasteiger partial charge in [0.05, 0.1) is 17.8 Å². The van der Waals surface area contributed by atoms with E-state index >= 15 is 0 Å². The van der Waals surface area contributed by atoms with Crippen molar-refractivity contribution < 1.29 is 4.79 Å². The van der Waals surface area contributed by atoms with Crippen molar-refractivity contribution in [3.8, 4) is 0 Å². The van der Waals surface area contributed by atoms with E-state index in [0.717, 1.165) is 6.42 Å². The number of fused-ring (bicyclic) bond motifs is 1. The van der Waals surface area contributed by atoms with Crippen LogP contribution in [-0.4, -0.2) is 17.8 Å². The van der Waals surface area contributed by atoms with Crippen LogP contribution in [0.5, 0.6) is 0 Å². The average molecular weight is 167 g/mol. The molecule has 2 aliphatic rings. The van der Waals surface area contributed by atoms with E-state index < -0.39 is 0 Å². The Morgan fingerprint density at radius 3 is 2.92 bits per heavy atom. The van der Waals surface area contributed by atoms with Crippen molar-refractivity contribution in [3.05, 3.63) is 0 Å². The van der Waals surface area contributed by atoms with Crippen LogP contribution in [-0.2, 0) is 4.79 Å². The lowest BCUT2D eigenvalue weighted by atomic mass is 9.98. The van der Waals surface area contributed by atoms with Crippen molar-refractivity contribution in [3.63, 3.8) is 0 Å². The number of carbonyl (C=O) groups excluding carboxylic acids is 1. The molecule has 2 rings (SSSR count). The van der Waals surface area contributed by atoms with Gasteiger partial charge in [0.1, 0.15) is 0 Å². The van der Waals surface area contributed by atoms with E-state index in [0.29, 0.717) is 17.7 Å². The van der Waals surface area contributed by atoms with Gasteiger partial charge in [-0.2, -0.15) is 0 Å². The van der Waals surface area contributed by atoms with E-state index in [9.17, 15) is 4.79 Å². The number of hydrogen-bond acceptors (Lipinski definition) is 3. The van der Waals surface area contributed by atoms with E-state index in [2.05, 4.69) is 11.9 Å². The highest BCUT2D eigenvalue weighted by atomic mass is 16.1. The molecule has 4 atom stereocenters. The second-order valence-corrected chi connectivity index (χ2v) is 3.80. The Kier molecular flexibility index (Phi) is 1.40. The molecule has 0 saturated heterocycles. The van der Waals surface area contributed by atoms with Crippen molar-refractivity contribution in [2.45, 2.75) is 19.4 Å². The zero-order valence-electron chi connectivity index (χ0n) is 7.03. The molecule has 4 heteroatoms. The highest BCUT2D eigenvalue weighted by Gasteiger charge is 2.58. The van der Waals surface area contributed by atoms with Gasteiger partial charge in [-0.05, 0) is 11.8 Å². The average Bonchev–Trinajstić information content (AvgIpc) is 2.60. The van der Waals surface area contributed by atoms with Crippen LogP contribution in [0.25, 0.3) is 0 Å². The molecule has 12 heavy (non-hydrogen) atoms. The molecule has 66 valence electrons. The summed E-state index contributed by atoms with van der Waals surface area (Å²) < 4.78 is 0. The molecule has 1 amide bonds. The van der Waals surface area contributed by atoms with Gasteiger partial charge < -0.3 is 11.5 Å². The van der Waals surface area contributed by atoms with Crippen LogP contribution in [0.3, 0.4) is 0 Å². The van der Waals surface area contributed by atoms with E-state index in [1.165, 1.54) is 0 Å². The molecule has 0 aromatic carbocycles. The number of carbonyl (C=O) groups is 1. The normalized spacial score (nSPS) is 44.6. The van der Waals surface area contributed by atoms with Gasteiger partial charge in [-0.15, -0.1) is 0 Å². The Hall–Kier alpha value is -1.06. The first-order chi connectivity index (χ1) is 5.61. The minimum absolute atomic E-state index is 0.0407. The minimum atomic E-state index is -0.227. The second kappa shape index (κ2) is 2.21. The zero-order chi connectivity index (χ0) is 8.88. The van der Waals surface area contributed by atoms with E-state index in [1.54, 1.807) is 0 Å². The number of primary amides is 1. The van der Waals surface area contributed by atoms with Gasteiger partial charge in [0.15, 0.2) is 0 Å². The predicted molar refractivity (Wildman–Crippen MR) is 45.4 cm³/mol. The van der Waals surface area contributed by atoms with Gasteiger partial charge in [0.25, 0.3) is 0 Å². The molecule has 1 aliphatic heterocycles. The Morgan fingerprint density at radius 2 is 2.33 bits per heavy atom. The first kappa shape index (κ1) is 7.58. The fourth-order valence-corrected chi connectivity index (χ4v) is 2.24. The summed E-state index contributed by atoms with van der Waals surface area (Å²) in [6.07, 6.45) is 0.810. The molecule has 0 aromatic rings. The highest BCUT2D eigenvalue weighted by Crippen LogP contribution is 2.50. The molecular weight excluding hydrogens is 154 g/mol. The summed E-state index contributed by atoms with van der Waals surface area (Å²) in [7, 11) is 0. The summed E-state index contributed by atoms with van der Waals surface area (Å²) in [6, 6.07) is 0.103. The van der Waals surface area contributed by atoms with Crippen molar-refractivity contribution in [2.24, 2.45) is 34.2 Å². The van der Waals surface area contributed by atoms with Crippen LogP contribution in [0.2, 0.25) is 0 Å². The first-order valence-corrected chi connectivity index (χ1v) is 4.22. The number of amides is 1. The minimum Gasteiger partial charge on any atom is -0.387 e. The smallest absolute Gasteiger partial charge is 0.223 e. The van der Waals surface area contributed by atoms with E-state index in [-0.39, 0.29) is 17.9 Å². The van der Waals surface area contributed by atoms with Crippen LogP contribution < -0.4 is 11.5 Å². The molecule has 0 spiro atoms. The molecule has 0 unspecified atom stereocenters. The van der Waals surface area contributed by atoms with Gasteiger partial charge in [-0.3, -0.25) is 9.79 Å². The number of nitrogens with zero attached hydrogens (tertiary/aromatic N) is 1. The van der Waals surface area contributed by atoms with Crippen LogP contribution in [0.4, 0.5) is 0 Å². The maximum Gasteiger partial charge on any atom is 0.223 e. The lowest BCUT2D eigenvalue weighted by Gasteiger charge is -2.13. The fraction of sp³-hybridized carbons (Fsp3) is 0.750. The van der Waals surface area contributed by atoms with Crippen LogP contribution in [0.1, 0.15) is 13.3 Å². The fourth-order valence-electron chi connectivity index (χ4n) is 2.24. The van der Waals surface area contributed by atoms with Crippen LogP contribution >= 0.6 is 0 Å². The number of nitrogens with two attached hydrogens (primary N) is 2. The maximum absolute atomic E-state index is 10.9. The molecular formula is C8H13N3O. The zero-order valence-corrected chi connectivity index (χ0v) is 7.03. The maximum atomic E-state index is 10.9. The monoisotopic (exact) mass is 167 g/mol. The third-order valence-electron chi connectivity index (χ3n) is 2.87. The lowest BCUT2D eigenvalue weighted by molar-refractivity contribution is -0.119. The molecule has 1 fully saturated rings. The largest absolute Gasteiger partial charge is 0.387 e. The van der Waals surface area contributed by atoms with Gasteiger partial charge in [-0.25, -0.2) is 0 Å². The third kappa shape index (κ3) is 0.906. The third-order valence-corrected chi connectivity index (χ3v) is 2.87. The summed E-state index contributed by atoms with van der Waals surface area (Å²) in [5.74, 6) is 1.24. The van der Waals surface area contributed by atoms with E-state index in [1.807, 2.05) is 0 Å². The number of rotatable bonds is 1. The Bertz CT molecular complexity index is 261. The molecule has 4 nitrogen and oxygen atoms in total. The molecule has 1 saturated carbocycles. The number of aliphatic imine (C=N–C) groups is 1. The van der Waals surface area contributed by atoms with Crippen molar-refractivity contribution >= 4 is 11.7 Å². The van der Waals surface area contributed by atoms with Crippen molar-refractivity contribution in [1.29, 1.82) is 0 Å². The second-order valence-electron chi connectivity index (χ2n) is 3.80. The summed E-state index contributed by atoms with van der Waals surface area (Å²) in [4.78, 5) is 15.1. The van der Waals surface area contributed by atoms with E-state index in [4.69, 9.17) is 11.5 Å². The predicted octanol–water partition coefficient (Wildman–Crippen LogP) is -0.517. The van der Waals surface area contributed by atoms with Crippen molar-refractivity contribution in [2.75, 3.05) is 0 Å². The molecule has 1 aliphatic carbocycles. The van der Waals surface area contributed by atoms with Crippen LogP contribution in [0, 0.1) is 17.8 Å². The molecule has 4 N–H and O–H groups in total. The lowest BCUT2D eigenvalue weighted by Crippen LogP contribution is -2.22. The molecule has 0 radical (unpaired) electrons. The standard InChI is InChI=1S/C8H13N3O/c1-3-2-4(9)11-7-5(3)6(7)8(10)12/h3,5-7H,2H2,1H3,(H2,9,11)(H2,10,12)/t3-,5-,6-,7-/m0/s1. The Morgan fingerprint density at radius 1 is 1.67 bits per heavy atom. The van der Waals surface area contributed by atoms with Crippen LogP contribution in [0.15, 0.2) is 4.99 Å². The van der Waals surface area contributed by atoms with Gasteiger partial charge in [-0.1, -0.05) is 6.92 Å². The topological polar surface area (TPSA) is 81.5 Å². The van der Waals surface area contributed by atoms with Gasteiger partial charge in [0, 0.05) is 6.42 Å². The summed E-state index contributed by atoms with van der Waals surface area (Å²) in [5, 5.41) is 0. The summed E-state index contributed by atoms with van der Waals surface area (Å²) in [6.45, 7) is 2.10. The molecule has 0 aromatic heterocycles. The number of amidine groups is 1. The molecule has 1 heterocycles. The quantitative estimate of drug-likeness (QED) is 0.551. The van der Waals surface area contributed by atoms with Gasteiger partial charge in [0.2, 0.25) is 5.91 Å². The Balaban J connectivity index is 2.17. The summed E-state index contributed by atoms with van der Waals surface area (Å²) >= 11 is 0. The Labute approximate surface area is 71.0 Å². The SMILES string of the molecule is C[C@H]1CC(N)=N[C@@H]2[C@@H](C(N)=O)[C@@H]21.